The van der Waals surface area contributed by atoms with Crippen molar-refractivity contribution in [2.45, 2.75) is 32.5 Å². The lowest BCUT2D eigenvalue weighted by molar-refractivity contribution is -0.384. The molecule has 21 heavy (non-hydrogen) atoms. The lowest BCUT2D eigenvalue weighted by Crippen LogP contribution is -2.33. The van der Waals surface area contributed by atoms with Crippen LogP contribution >= 0.6 is 0 Å². The first-order valence-electron chi connectivity index (χ1n) is 6.16. The highest BCUT2D eigenvalue weighted by atomic mass is 19.4. The average Bonchev–Trinajstić information content (AvgIpc) is 2.34. The van der Waals surface area contributed by atoms with E-state index in [1.165, 1.54) is 0 Å². The number of alkyl halides is 3. The Morgan fingerprint density at radius 2 is 2.05 bits per heavy atom. The molecule has 0 saturated carbocycles. The maximum Gasteiger partial charge on any atom is 0.433 e. The molecule has 0 aliphatic rings. The van der Waals surface area contributed by atoms with E-state index in [1.54, 1.807) is 20.8 Å². The number of anilines is 1. The van der Waals surface area contributed by atoms with Gasteiger partial charge in [0.15, 0.2) is 0 Å². The van der Waals surface area contributed by atoms with Gasteiger partial charge in [-0.25, -0.2) is 4.98 Å². The fourth-order valence-corrected chi connectivity index (χ4v) is 1.64. The van der Waals surface area contributed by atoms with Crippen LogP contribution in [0.3, 0.4) is 0 Å². The molecule has 0 atom stereocenters. The zero-order valence-electron chi connectivity index (χ0n) is 11.8. The number of halogens is 3. The molecule has 0 radical (unpaired) electrons. The van der Waals surface area contributed by atoms with Crippen molar-refractivity contribution in [3.05, 3.63) is 28.1 Å². The van der Waals surface area contributed by atoms with Crippen LogP contribution in [0, 0.1) is 10.1 Å². The summed E-state index contributed by atoms with van der Waals surface area (Å²) in [6.45, 7) is 5.75. The number of pyridine rings is 1. The Morgan fingerprint density at radius 3 is 2.52 bits per heavy atom. The van der Waals surface area contributed by atoms with Crippen molar-refractivity contribution in [1.29, 1.82) is 0 Å². The first-order valence-corrected chi connectivity index (χ1v) is 6.16. The molecule has 0 unspecified atom stereocenters. The second-order valence-electron chi connectivity index (χ2n) is 4.89. The van der Waals surface area contributed by atoms with Gasteiger partial charge in [-0.1, -0.05) is 0 Å². The van der Waals surface area contributed by atoms with E-state index in [0.717, 1.165) is 0 Å². The Bertz CT molecular complexity index is 518. The summed E-state index contributed by atoms with van der Waals surface area (Å²) < 4.78 is 43.2. The maximum atomic E-state index is 12.6. The highest BCUT2D eigenvalue weighted by molar-refractivity contribution is 5.61. The molecule has 0 fully saturated rings. The molecule has 0 spiro atoms. The number of aromatic nitrogens is 1. The van der Waals surface area contributed by atoms with Crippen molar-refractivity contribution >= 4 is 11.4 Å². The lowest BCUT2D eigenvalue weighted by Gasteiger charge is -2.25. The largest absolute Gasteiger partial charge is 0.433 e. The zero-order chi connectivity index (χ0) is 16.3. The molecule has 1 aromatic heterocycles. The van der Waals surface area contributed by atoms with Crippen LogP contribution in [-0.2, 0) is 10.9 Å². The van der Waals surface area contributed by atoms with Gasteiger partial charge in [0, 0.05) is 13.2 Å². The van der Waals surface area contributed by atoms with Crippen molar-refractivity contribution in [2.24, 2.45) is 0 Å². The molecule has 6 nitrogen and oxygen atoms in total. The highest BCUT2D eigenvalue weighted by Gasteiger charge is 2.34. The van der Waals surface area contributed by atoms with E-state index in [1.807, 2.05) is 0 Å². The molecule has 0 bridgehead atoms. The SMILES string of the molecule is CCOC(C)(C)CNc1cc(C(F)(F)F)ncc1[N+](=O)[O-]. The molecule has 0 aliphatic heterocycles. The van der Waals surface area contributed by atoms with Crippen LogP contribution in [0.1, 0.15) is 26.5 Å². The summed E-state index contributed by atoms with van der Waals surface area (Å²) in [6, 6.07) is 0.625. The van der Waals surface area contributed by atoms with Gasteiger partial charge in [-0.05, 0) is 26.8 Å². The van der Waals surface area contributed by atoms with Gasteiger partial charge in [0.25, 0.3) is 0 Å². The Labute approximate surface area is 119 Å². The van der Waals surface area contributed by atoms with Crippen LogP contribution in [0.4, 0.5) is 24.5 Å². The average molecular weight is 307 g/mol. The minimum absolute atomic E-state index is 0.114. The van der Waals surface area contributed by atoms with Gasteiger partial charge in [-0.15, -0.1) is 0 Å². The van der Waals surface area contributed by atoms with Gasteiger partial charge in [-0.2, -0.15) is 13.2 Å². The number of ether oxygens (including phenoxy) is 1. The minimum atomic E-state index is -4.67. The van der Waals surface area contributed by atoms with Gasteiger partial charge in [0.2, 0.25) is 0 Å². The molecule has 0 aromatic carbocycles. The fourth-order valence-electron chi connectivity index (χ4n) is 1.64. The van der Waals surface area contributed by atoms with E-state index in [9.17, 15) is 23.3 Å². The molecule has 118 valence electrons. The van der Waals surface area contributed by atoms with Crippen molar-refractivity contribution in [3.8, 4) is 0 Å². The van der Waals surface area contributed by atoms with Crippen molar-refractivity contribution < 1.29 is 22.8 Å². The standard InChI is InChI=1S/C12H16F3N3O3/c1-4-21-11(2,3)7-17-8-5-10(12(13,14)15)16-6-9(8)18(19)20/h5-6H,4,7H2,1-3H3,(H,16,17). The third-order valence-electron chi connectivity index (χ3n) is 2.61. The Hall–Kier alpha value is -1.90. The predicted molar refractivity (Wildman–Crippen MR) is 70.1 cm³/mol. The molecular formula is C12H16F3N3O3. The van der Waals surface area contributed by atoms with Crippen molar-refractivity contribution in [3.63, 3.8) is 0 Å². The quantitative estimate of drug-likeness (QED) is 0.645. The molecular weight excluding hydrogens is 291 g/mol. The topological polar surface area (TPSA) is 77.3 Å². The molecule has 1 N–H and O–H groups in total. The summed E-state index contributed by atoms with van der Waals surface area (Å²) in [4.78, 5) is 13.1. The smallest absolute Gasteiger partial charge is 0.377 e. The van der Waals surface area contributed by atoms with E-state index < -0.39 is 28.1 Å². The van der Waals surface area contributed by atoms with Gasteiger partial charge in [-0.3, -0.25) is 10.1 Å². The van der Waals surface area contributed by atoms with E-state index in [-0.39, 0.29) is 12.2 Å². The number of hydrogen-bond donors (Lipinski definition) is 1. The molecule has 0 amide bonds. The Morgan fingerprint density at radius 1 is 1.43 bits per heavy atom. The Kier molecular flexibility index (Phi) is 5.10. The van der Waals surface area contributed by atoms with Gasteiger partial charge >= 0.3 is 11.9 Å². The molecule has 9 heteroatoms. The van der Waals surface area contributed by atoms with Crippen molar-refractivity contribution in [2.75, 3.05) is 18.5 Å². The summed E-state index contributed by atoms with van der Waals surface area (Å²) in [5.41, 5.74) is -2.63. The summed E-state index contributed by atoms with van der Waals surface area (Å²) >= 11 is 0. The summed E-state index contributed by atoms with van der Waals surface area (Å²) in [5, 5.41) is 13.5. The summed E-state index contributed by atoms with van der Waals surface area (Å²) in [5.74, 6) is 0. The third kappa shape index (κ3) is 4.85. The van der Waals surface area contributed by atoms with E-state index in [4.69, 9.17) is 4.74 Å². The number of nitrogens with one attached hydrogen (secondary N) is 1. The molecule has 0 aliphatic carbocycles. The highest BCUT2D eigenvalue weighted by Crippen LogP contribution is 2.33. The number of hydrogen-bond acceptors (Lipinski definition) is 5. The summed E-state index contributed by atoms with van der Waals surface area (Å²) in [7, 11) is 0. The monoisotopic (exact) mass is 307 g/mol. The second kappa shape index (κ2) is 6.25. The normalized spacial score (nSPS) is 12.3. The predicted octanol–water partition coefficient (Wildman–Crippen LogP) is 3.24. The molecule has 1 rings (SSSR count). The lowest BCUT2D eigenvalue weighted by atomic mass is 10.1. The third-order valence-corrected chi connectivity index (χ3v) is 2.61. The number of nitro groups is 1. The van der Waals surface area contributed by atoms with E-state index >= 15 is 0 Å². The van der Waals surface area contributed by atoms with Crippen LogP contribution < -0.4 is 5.32 Å². The summed E-state index contributed by atoms with van der Waals surface area (Å²) in [6.07, 6.45) is -4.07. The van der Waals surface area contributed by atoms with Gasteiger partial charge in [0.05, 0.1) is 10.5 Å². The Balaban J connectivity index is 3.05. The van der Waals surface area contributed by atoms with Crippen LogP contribution in [0.25, 0.3) is 0 Å². The van der Waals surface area contributed by atoms with Crippen LogP contribution in [-0.4, -0.2) is 28.7 Å². The molecule has 0 saturated heterocycles. The number of nitrogens with zero attached hydrogens (tertiary/aromatic N) is 2. The molecule has 1 aromatic rings. The van der Waals surface area contributed by atoms with Crippen LogP contribution in [0.5, 0.6) is 0 Å². The van der Waals surface area contributed by atoms with Crippen LogP contribution in [0.2, 0.25) is 0 Å². The minimum Gasteiger partial charge on any atom is -0.377 e. The molecule has 1 heterocycles. The van der Waals surface area contributed by atoms with E-state index in [0.29, 0.717) is 18.9 Å². The van der Waals surface area contributed by atoms with E-state index in [2.05, 4.69) is 10.3 Å². The second-order valence-corrected chi connectivity index (χ2v) is 4.89. The number of rotatable bonds is 6. The first kappa shape index (κ1) is 17.2. The maximum absolute atomic E-state index is 12.6. The van der Waals surface area contributed by atoms with Crippen molar-refractivity contribution in [1.82, 2.24) is 4.98 Å². The van der Waals surface area contributed by atoms with Gasteiger partial charge in [0.1, 0.15) is 17.6 Å². The van der Waals surface area contributed by atoms with Gasteiger partial charge < -0.3 is 10.1 Å². The fraction of sp³-hybridized carbons (Fsp3) is 0.583. The zero-order valence-corrected chi connectivity index (χ0v) is 11.8. The first-order chi connectivity index (χ1) is 9.57. The van der Waals surface area contributed by atoms with Crippen LogP contribution in [0.15, 0.2) is 12.3 Å².